The van der Waals surface area contributed by atoms with Crippen LogP contribution in [0.3, 0.4) is 0 Å². The van der Waals surface area contributed by atoms with E-state index in [1.807, 2.05) is 4.90 Å². The Morgan fingerprint density at radius 2 is 2.30 bits per heavy atom. The molecule has 1 aliphatic carbocycles. The van der Waals surface area contributed by atoms with Crippen LogP contribution in [-0.2, 0) is 4.79 Å². The minimum absolute atomic E-state index is 0.373. The highest BCUT2D eigenvalue weighted by molar-refractivity contribution is 5.85. The SMILES string of the molecule is C#CCN(CC1CC1)c1ccc(/C=C/C(=O)O)cc1F. The summed E-state index contributed by atoms with van der Waals surface area (Å²) in [5, 5.41) is 8.55. The van der Waals surface area contributed by atoms with Gasteiger partial charge in [0, 0.05) is 12.6 Å². The van der Waals surface area contributed by atoms with Crippen molar-refractivity contribution in [3.05, 3.63) is 35.7 Å². The van der Waals surface area contributed by atoms with Crippen molar-refractivity contribution in [1.82, 2.24) is 0 Å². The minimum Gasteiger partial charge on any atom is -0.478 e. The Kier molecular flexibility index (Phi) is 4.41. The monoisotopic (exact) mass is 273 g/mol. The quantitative estimate of drug-likeness (QED) is 0.640. The maximum atomic E-state index is 14.1. The van der Waals surface area contributed by atoms with Gasteiger partial charge in [-0.15, -0.1) is 6.42 Å². The summed E-state index contributed by atoms with van der Waals surface area (Å²) >= 11 is 0. The number of anilines is 1. The second-order valence-electron chi connectivity index (χ2n) is 4.91. The number of aliphatic carboxylic acids is 1. The lowest BCUT2D eigenvalue weighted by Crippen LogP contribution is -2.26. The number of benzene rings is 1. The van der Waals surface area contributed by atoms with Crippen molar-refractivity contribution in [2.75, 3.05) is 18.0 Å². The average Bonchev–Trinajstić information content (AvgIpc) is 3.20. The number of carboxylic acid groups (broad SMARTS) is 1. The van der Waals surface area contributed by atoms with E-state index in [9.17, 15) is 9.18 Å². The molecule has 4 heteroatoms. The fourth-order valence-corrected chi connectivity index (χ4v) is 2.02. The topological polar surface area (TPSA) is 40.5 Å². The lowest BCUT2D eigenvalue weighted by atomic mass is 10.1. The number of carboxylic acids is 1. The van der Waals surface area contributed by atoms with Crippen molar-refractivity contribution in [3.63, 3.8) is 0 Å². The van der Waals surface area contributed by atoms with Crippen molar-refractivity contribution in [2.45, 2.75) is 12.8 Å². The molecule has 1 saturated carbocycles. The van der Waals surface area contributed by atoms with E-state index in [1.165, 1.54) is 25.0 Å². The molecule has 1 aliphatic rings. The van der Waals surface area contributed by atoms with Crippen molar-refractivity contribution in [3.8, 4) is 12.3 Å². The molecule has 0 heterocycles. The van der Waals surface area contributed by atoms with Gasteiger partial charge in [-0.1, -0.05) is 12.0 Å². The van der Waals surface area contributed by atoms with Gasteiger partial charge in [-0.3, -0.25) is 0 Å². The third-order valence-electron chi connectivity index (χ3n) is 3.19. The van der Waals surface area contributed by atoms with E-state index in [0.717, 1.165) is 12.6 Å². The van der Waals surface area contributed by atoms with Crippen molar-refractivity contribution >= 4 is 17.7 Å². The van der Waals surface area contributed by atoms with Gasteiger partial charge in [0.15, 0.2) is 0 Å². The molecule has 0 aromatic heterocycles. The van der Waals surface area contributed by atoms with E-state index >= 15 is 0 Å². The molecule has 3 nitrogen and oxygen atoms in total. The molecule has 0 amide bonds. The van der Waals surface area contributed by atoms with Crippen molar-refractivity contribution < 1.29 is 14.3 Å². The third kappa shape index (κ3) is 3.86. The Morgan fingerprint density at radius 1 is 1.55 bits per heavy atom. The van der Waals surface area contributed by atoms with Gasteiger partial charge >= 0.3 is 5.97 Å². The van der Waals surface area contributed by atoms with Crippen LogP contribution in [0.5, 0.6) is 0 Å². The summed E-state index contributed by atoms with van der Waals surface area (Å²) in [5.41, 5.74) is 0.989. The molecular formula is C16H16FNO2. The molecule has 0 bridgehead atoms. The highest BCUT2D eigenvalue weighted by atomic mass is 19.1. The van der Waals surface area contributed by atoms with Crippen LogP contribution in [0, 0.1) is 24.1 Å². The zero-order chi connectivity index (χ0) is 14.5. The molecule has 0 atom stereocenters. The van der Waals surface area contributed by atoms with Crippen LogP contribution in [-0.4, -0.2) is 24.2 Å². The van der Waals surface area contributed by atoms with Gasteiger partial charge in [0.1, 0.15) is 5.82 Å². The lowest BCUT2D eigenvalue weighted by Gasteiger charge is -2.23. The molecular weight excluding hydrogens is 257 g/mol. The number of terminal acetylenes is 1. The van der Waals surface area contributed by atoms with E-state index in [2.05, 4.69) is 5.92 Å². The Hall–Kier alpha value is -2.28. The molecule has 1 fully saturated rings. The molecule has 1 aromatic rings. The molecule has 2 rings (SSSR count). The van der Waals surface area contributed by atoms with Crippen molar-refractivity contribution in [1.29, 1.82) is 0 Å². The fourth-order valence-electron chi connectivity index (χ4n) is 2.02. The number of hydrogen-bond donors (Lipinski definition) is 1. The molecule has 0 radical (unpaired) electrons. The van der Waals surface area contributed by atoms with Crippen LogP contribution in [0.25, 0.3) is 6.08 Å². The van der Waals surface area contributed by atoms with Crippen LogP contribution in [0.15, 0.2) is 24.3 Å². The number of rotatable bonds is 6. The summed E-state index contributed by atoms with van der Waals surface area (Å²) in [6.07, 6.45) is 10.0. The van der Waals surface area contributed by atoms with Gasteiger partial charge in [0.05, 0.1) is 12.2 Å². The zero-order valence-electron chi connectivity index (χ0n) is 11.1. The number of nitrogens with zero attached hydrogens (tertiary/aromatic N) is 1. The van der Waals surface area contributed by atoms with Crippen LogP contribution >= 0.6 is 0 Å². The first kappa shape index (κ1) is 14.1. The lowest BCUT2D eigenvalue weighted by molar-refractivity contribution is -0.131. The zero-order valence-corrected chi connectivity index (χ0v) is 11.1. The van der Waals surface area contributed by atoms with Crippen LogP contribution in [0.4, 0.5) is 10.1 Å². The van der Waals surface area contributed by atoms with E-state index in [0.29, 0.717) is 23.7 Å². The highest BCUT2D eigenvalue weighted by Gasteiger charge is 2.25. The second kappa shape index (κ2) is 6.25. The Bertz CT molecular complexity index is 570. The standard InChI is InChI=1S/C16H16FNO2/c1-2-9-18(11-13-3-4-13)15-7-5-12(10-14(15)17)6-8-16(19)20/h1,5-8,10,13H,3-4,9,11H2,(H,19,20)/b8-6+. The van der Waals surface area contributed by atoms with E-state index in [1.54, 1.807) is 12.1 Å². The van der Waals surface area contributed by atoms with Crippen molar-refractivity contribution in [2.24, 2.45) is 5.92 Å². The Labute approximate surface area is 117 Å². The summed E-state index contributed by atoms with van der Waals surface area (Å²) in [5.74, 6) is 1.72. The summed E-state index contributed by atoms with van der Waals surface area (Å²) in [6.45, 7) is 1.14. The summed E-state index contributed by atoms with van der Waals surface area (Å²) in [7, 11) is 0. The third-order valence-corrected chi connectivity index (χ3v) is 3.19. The Morgan fingerprint density at radius 3 is 2.85 bits per heavy atom. The molecule has 1 aromatic carbocycles. The minimum atomic E-state index is -1.06. The van der Waals surface area contributed by atoms with Gasteiger partial charge in [-0.05, 0) is 42.5 Å². The Balaban J connectivity index is 2.18. The molecule has 0 spiro atoms. The molecule has 0 unspecified atom stereocenters. The number of carbonyl (C=O) groups is 1. The number of halogens is 1. The second-order valence-corrected chi connectivity index (χ2v) is 4.91. The number of hydrogen-bond acceptors (Lipinski definition) is 2. The first-order valence-electron chi connectivity index (χ1n) is 6.49. The fraction of sp³-hybridized carbons (Fsp3) is 0.312. The van der Waals surface area contributed by atoms with Gasteiger partial charge in [0.2, 0.25) is 0 Å². The molecule has 0 aliphatic heterocycles. The molecule has 0 saturated heterocycles. The predicted molar refractivity (Wildman–Crippen MR) is 76.8 cm³/mol. The van der Waals surface area contributed by atoms with Gasteiger partial charge in [-0.25, -0.2) is 9.18 Å². The maximum Gasteiger partial charge on any atom is 0.328 e. The summed E-state index contributed by atoms with van der Waals surface area (Å²) in [4.78, 5) is 12.3. The molecule has 20 heavy (non-hydrogen) atoms. The van der Waals surface area contributed by atoms with E-state index in [4.69, 9.17) is 11.5 Å². The van der Waals surface area contributed by atoms with E-state index < -0.39 is 5.97 Å². The highest BCUT2D eigenvalue weighted by Crippen LogP contribution is 2.32. The largest absolute Gasteiger partial charge is 0.478 e. The van der Waals surface area contributed by atoms with Crippen LogP contribution < -0.4 is 4.90 Å². The summed E-state index contributed by atoms with van der Waals surface area (Å²) < 4.78 is 14.1. The predicted octanol–water partition coefficient (Wildman–Crippen LogP) is 2.77. The first-order valence-corrected chi connectivity index (χ1v) is 6.49. The maximum absolute atomic E-state index is 14.1. The van der Waals surface area contributed by atoms with Gasteiger partial charge < -0.3 is 10.0 Å². The van der Waals surface area contributed by atoms with Crippen LogP contribution in [0.2, 0.25) is 0 Å². The van der Waals surface area contributed by atoms with Gasteiger partial charge in [0.25, 0.3) is 0 Å². The molecule has 104 valence electrons. The average molecular weight is 273 g/mol. The normalized spacial score (nSPS) is 14.2. The van der Waals surface area contributed by atoms with E-state index in [-0.39, 0.29) is 5.82 Å². The molecule has 1 N–H and O–H groups in total. The summed E-state index contributed by atoms with van der Waals surface area (Å²) in [6, 6.07) is 4.66. The van der Waals surface area contributed by atoms with Gasteiger partial charge in [-0.2, -0.15) is 0 Å². The first-order chi connectivity index (χ1) is 9.60. The smallest absolute Gasteiger partial charge is 0.328 e. The van der Waals surface area contributed by atoms with Crippen LogP contribution in [0.1, 0.15) is 18.4 Å².